The molecule has 1 aromatic rings. The van der Waals surface area contributed by atoms with Crippen molar-refractivity contribution in [2.24, 2.45) is 5.92 Å². The zero-order chi connectivity index (χ0) is 23.7. The van der Waals surface area contributed by atoms with E-state index in [9.17, 15) is 4.79 Å². The van der Waals surface area contributed by atoms with Gasteiger partial charge in [0.05, 0.1) is 19.1 Å². The monoisotopic (exact) mass is 463 g/mol. The van der Waals surface area contributed by atoms with Crippen LogP contribution in [0.5, 0.6) is 0 Å². The van der Waals surface area contributed by atoms with Crippen LogP contribution in [0.2, 0.25) is 0 Å². The van der Waals surface area contributed by atoms with Crippen LogP contribution in [0.1, 0.15) is 122 Å². The van der Waals surface area contributed by atoms with E-state index in [2.05, 4.69) is 15.5 Å². The number of methoxy groups -OCH3 is 1. The molecule has 0 aliphatic heterocycles. The van der Waals surface area contributed by atoms with E-state index in [1.807, 2.05) is 20.8 Å². The average Bonchev–Trinajstić information content (AvgIpc) is 3.26. The highest BCUT2D eigenvalue weighted by Gasteiger charge is 2.27. The molecule has 3 rings (SSSR count). The van der Waals surface area contributed by atoms with E-state index in [1.165, 1.54) is 38.5 Å². The van der Waals surface area contributed by atoms with Crippen LogP contribution >= 0.6 is 0 Å². The number of nitrogens with zero attached hydrogens (tertiary/aromatic N) is 2. The van der Waals surface area contributed by atoms with E-state index in [0.717, 1.165) is 44.4 Å². The molecule has 2 aliphatic rings. The minimum atomic E-state index is -0.491. The Morgan fingerprint density at radius 3 is 2.52 bits per heavy atom. The molecule has 0 saturated heterocycles. The predicted octanol–water partition coefficient (Wildman–Crippen LogP) is 5.68. The number of carbonyl (C=O) groups is 1. The van der Waals surface area contributed by atoms with Crippen molar-refractivity contribution in [1.82, 2.24) is 15.5 Å². The van der Waals surface area contributed by atoms with Gasteiger partial charge in [-0.1, -0.05) is 50.1 Å². The molecule has 1 atom stereocenters. The summed E-state index contributed by atoms with van der Waals surface area (Å²) < 4.78 is 16.7. The van der Waals surface area contributed by atoms with Crippen LogP contribution in [0, 0.1) is 5.92 Å². The zero-order valence-corrected chi connectivity index (χ0v) is 21.2. The normalized spacial score (nSPS) is 23.4. The molecule has 1 N–H and O–H groups in total. The smallest absolute Gasteiger partial charge is 0.307 e. The summed E-state index contributed by atoms with van der Waals surface area (Å²) in [5.41, 5.74) is -0.491. The Balaban J connectivity index is 1.53. The molecule has 2 saturated carbocycles. The maximum Gasteiger partial charge on any atom is 0.307 e. The van der Waals surface area contributed by atoms with Crippen LogP contribution in [0.25, 0.3) is 0 Å². The number of hydrogen-bond acceptors (Lipinski definition) is 7. The molecule has 7 heteroatoms. The SMILES string of the molecule is CO[C@H]1CC[C@H](NCc2noc([C@H](CCCC3CCCCC3)CC(=O)OC(C)(C)C)n2)CC1. The lowest BCUT2D eigenvalue weighted by Crippen LogP contribution is -2.34. The first-order chi connectivity index (χ1) is 15.8. The molecule has 0 amide bonds. The lowest BCUT2D eigenvalue weighted by molar-refractivity contribution is -0.155. The highest BCUT2D eigenvalue weighted by atomic mass is 16.6. The van der Waals surface area contributed by atoms with Crippen LogP contribution in [0.15, 0.2) is 4.52 Å². The highest BCUT2D eigenvalue weighted by Crippen LogP contribution is 2.31. The van der Waals surface area contributed by atoms with Gasteiger partial charge in [0, 0.05) is 19.1 Å². The van der Waals surface area contributed by atoms with Gasteiger partial charge in [0.2, 0.25) is 5.89 Å². The molecule has 0 aromatic carbocycles. The Bertz CT molecular complexity index is 701. The minimum Gasteiger partial charge on any atom is -0.460 e. The van der Waals surface area contributed by atoms with E-state index in [0.29, 0.717) is 30.4 Å². The fourth-order valence-corrected chi connectivity index (χ4v) is 5.27. The van der Waals surface area contributed by atoms with Gasteiger partial charge in [-0.2, -0.15) is 4.98 Å². The van der Waals surface area contributed by atoms with Crippen LogP contribution in [-0.2, 0) is 20.8 Å². The van der Waals surface area contributed by atoms with Gasteiger partial charge < -0.3 is 19.3 Å². The van der Waals surface area contributed by atoms with Crippen molar-refractivity contribution in [3.05, 3.63) is 11.7 Å². The molecule has 188 valence electrons. The van der Waals surface area contributed by atoms with Crippen molar-refractivity contribution < 1.29 is 18.8 Å². The Kier molecular flexibility index (Phi) is 10.2. The third-order valence-electron chi connectivity index (χ3n) is 7.11. The highest BCUT2D eigenvalue weighted by molar-refractivity contribution is 5.70. The maximum absolute atomic E-state index is 12.6. The van der Waals surface area contributed by atoms with Gasteiger partial charge >= 0.3 is 5.97 Å². The van der Waals surface area contributed by atoms with Gasteiger partial charge in [-0.15, -0.1) is 0 Å². The quantitative estimate of drug-likeness (QED) is 0.422. The topological polar surface area (TPSA) is 86.5 Å². The standard InChI is InChI=1S/C26H45N3O4/c1-26(2,3)32-24(30)17-20(12-8-11-19-9-6-5-7-10-19)25-28-23(29-33-25)18-27-21-13-15-22(31-4)16-14-21/h19-22,27H,5-18H2,1-4H3/t20-,21-,22-/m1/s1. The molecule has 7 nitrogen and oxygen atoms in total. The van der Waals surface area contributed by atoms with Crippen molar-refractivity contribution in [3.63, 3.8) is 0 Å². The lowest BCUT2D eigenvalue weighted by Gasteiger charge is -2.27. The van der Waals surface area contributed by atoms with Crippen molar-refractivity contribution in [1.29, 1.82) is 0 Å². The van der Waals surface area contributed by atoms with Crippen LogP contribution in [-0.4, -0.2) is 41.0 Å². The number of aromatic nitrogens is 2. The number of carbonyl (C=O) groups excluding carboxylic acids is 1. The molecular weight excluding hydrogens is 418 g/mol. The number of nitrogens with one attached hydrogen (secondary N) is 1. The summed E-state index contributed by atoms with van der Waals surface area (Å²) in [5.74, 6) is 1.79. The predicted molar refractivity (Wildman–Crippen MR) is 128 cm³/mol. The molecule has 33 heavy (non-hydrogen) atoms. The van der Waals surface area contributed by atoms with Gasteiger partial charge in [0.1, 0.15) is 5.60 Å². The first-order valence-corrected chi connectivity index (χ1v) is 13.1. The Hall–Kier alpha value is -1.47. The molecule has 1 aromatic heterocycles. The van der Waals surface area contributed by atoms with Crippen LogP contribution in [0.3, 0.4) is 0 Å². The van der Waals surface area contributed by atoms with Gasteiger partial charge in [0.25, 0.3) is 0 Å². The van der Waals surface area contributed by atoms with E-state index in [4.69, 9.17) is 14.0 Å². The fourth-order valence-electron chi connectivity index (χ4n) is 5.27. The first-order valence-electron chi connectivity index (χ1n) is 13.1. The summed E-state index contributed by atoms with van der Waals surface area (Å²) in [7, 11) is 1.79. The van der Waals surface area contributed by atoms with Crippen molar-refractivity contribution in [3.8, 4) is 0 Å². The Labute approximate surface area is 199 Å². The number of esters is 1. The summed E-state index contributed by atoms with van der Waals surface area (Å²) in [5, 5.41) is 7.77. The van der Waals surface area contributed by atoms with Crippen LogP contribution in [0.4, 0.5) is 0 Å². The van der Waals surface area contributed by atoms with E-state index in [1.54, 1.807) is 7.11 Å². The second-order valence-electron chi connectivity index (χ2n) is 11.1. The molecule has 0 unspecified atom stereocenters. The summed E-state index contributed by atoms with van der Waals surface area (Å²) in [4.78, 5) is 17.2. The average molecular weight is 464 g/mol. The van der Waals surface area contributed by atoms with E-state index >= 15 is 0 Å². The minimum absolute atomic E-state index is 0.0816. The van der Waals surface area contributed by atoms with Gasteiger partial charge in [-0.25, -0.2) is 0 Å². The third-order valence-corrected chi connectivity index (χ3v) is 7.11. The lowest BCUT2D eigenvalue weighted by atomic mass is 9.84. The summed E-state index contributed by atoms with van der Waals surface area (Å²) in [6, 6.07) is 0.464. The van der Waals surface area contributed by atoms with Gasteiger partial charge in [-0.05, 0) is 58.8 Å². The zero-order valence-electron chi connectivity index (χ0n) is 21.2. The molecule has 2 fully saturated rings. The Morgan fingerprint density at radius 1 is 1.12 bits per heavy atom. The molecule has 0 radical (unpaired) electrons. The van der Waals surface area contributed by atoms with E-state index in [-0.39, 0.29) is 18.3 Å². The molecule has 0 bridgehead atoms. The fraction of sp³-hybridized carbons (Fsp3) is 0.885. The van der Waals surface area contributed by atoms with Crippen molar-refractivity contribution in [2.75, 3.05) is 7.11 Å². The van der Waals surface area contributed by atoms with E-state index < -0.39 is 5.60 Å². The molecule has 0 spiro atoms. The van der Waals surface area contributed by atoms with Crippen molar-refractivity contribution >= 4 is 5.97 Å². The first kappa shape index (κ1) is 26.1. The second-order valence-corrected chi connectivity index (χ2v) is 11.1. The van der Waals surface area contributed by atoms with Crippen LogP contribution < -0.4 is 5.32 Å². The van der Waals surface area contributed by atoms with Crippen molar-refractivity contribution in [2.45, 2.75) is 134 Å². The number of ether oxygens (including phenoxy) is 2. The van der Waals surface area contributed by atoms with Gasteiger partial charge in [-0.3, -0.25) is 4.79 Å². The summed E-state index contributed by atoms with van der Waals surface area (Å²) >= 11 is 0. The second kappa shape index (κ2) is 12.8. The summed E-state index contributed by atoms with van der Waals surface area (Å²) in [6.45, 7) is 6.30. The molecule has 2 aliphatic carbocycles. The summed E-state index contributed by atoms with van der Waals surface area (Å²) in [6.07, 6.45) is 15.0. The number of rotatable bonds is 11. The number of hydrogen-bond donors (Lipinski definition) is 1. The largest absolute Gasteiger partial charge is 0.460 e. The Morgan fingerprint density at radius 2 is 1.85 bits per heavy atom. The molecular formula is C26H45N3O4. The molecule has 1 heterocycles. The van der Waals surface area contributed by atoms with Gasteiger partial charge in [0.15, 0.2) is 5.82 Å². The maximum atomic E-state index is 12.6. The third kappa shape index (κ3) is 9.36.